The Hall–Kier alpha value is 0. The average Bonchev–Trinajstić information content (AvgIpc) is 2.32. The molecule has 4 saturated carbocycles. The Morgan fingerprint density at radius 1 is 1.06 bits per heavy atom. The van der Waals surface area contributed by atoms with E-state index in [4.69, 9.17) is 0 Å². The van der Waals surface area contributed by atoms with Crippen LogP contribution >= 0.6 is 24.0 Å². The Kier molecular flexibility index (Phi) is 4.78. The third-order valence-electron chi connectivity index (χ3n) is 5.39. The van der Waals surface area contributed by atoms with Crippen molar-refractivity contribution >= 4 is 29.9 Å². The second-order valence-corrected chi connectivity index (χ2v) is 6.30. The fourth-order valence-corrected chi connectivity index (χ4v) is 4.86. The van der Waals surface area contributed by atoms with E-state index in [0.717, 1.165) is 42.1 Å². The molecule has 0 radical (unpaired) electrons. The predicted octanol–water partition coefficient (Wildman–Crippen LogP) is 2.47. The second kappa shape index (κ2) is 5.97. The maximum atomic E-state index is 4.20. The average molecular weight is 363 g/mol. The van der Waals surface area contributed by atoms with Crippen molar-refractivity contribution in [2.75, 3.05) is 20.6 Å². The first-order valence-electron chi connectivity index (χ1n) is 7.18. The van der Waals surface area contributed by atoms with E-state index in [2.05, 4.69) is 15.6 Å². The summed E-state index contributed by atoms with van der Waals surface area (Å²) in [6, 6.07) is 0. The van der Waals surface area contributed by atoms with E-state index in [0.29, 0.717) is 0 Å². The van der Waals surface area contributed by atoms with Crippen LogP contribution in [-0.2, 0) is 0 Å². The molecule has 18 heavy (non-hydrogen) atoms. The van der Waals surface area contributed by atoms with E-state index in [1.165, 1.54) is 25.7 Å². The van der Waals surface area contributed by atoms with Crippen LogP contribution in [0.1, 0.15) is 32.1 Å². The van der Waals surface area contributed by atoms with Gasteiger partial charge in [-0.15, -0.1) is 24.0 Å². The molecule has 0 spiro atoms. The van der Waals surface area contributed by atoms with Crippen molar-refractivity contribution in [2.45, 2.75) is 32.1 Å². The zero-order chi connectivity index (χ0) is 11.8. The third-order valence-corrected chi connectivity index (χ3v) is 5.39. The number of nitrogens with zero attached hydrogens (tertiary/aromatic N) is 1. The number of nitrogens with one attached hydrogen (secondary N) is 2. The van der Waals surface area contributed by atoms with Crippen LogP contribution in [0.3, 0.4) is 0 Å². The minimum Gasteiger partial charge on any atom is -0.359 e. The zero-order valence-corrected chi connectivity index (χ0v) is 13.8. The van der Waals surface area contributed by atoms with Crippen LogP contribution in [0.4, 0.5) is 0 Å². The van der Waals surface area contributed by atoms with Gasteiger partial charge >= 0.3 is 0 Å². The monoisotopic (exact) mass is 363 g/mol. The molecule has 0 aromatic rings. The molecular weight excluding hydrogens is 337 g/mol. The predicted molar refractivity (Wildman–Crippen MR) is 86.4 cm³/mol. The molecule has 0 atom stereocenters. The van der Waals surface area contributed by atoms with Crippen molar-refractivity contribution in [3.05, 3.63) is 0 Å². The summed E-state index contributed by atoms with van der Waals surface area (Å²) in [5.74, 6) is 6.03. The first-order valence-corrected chi connectivity index (χ1v) is 7.18. The summed E-state index contributed by atoms with van der Waals surface area (Å²) >= 11 is 0. The molecule has 0 aliphatic heterocycles. The van der Waals surface area contributed by atoms with Gasteiger partial charge in [-0.3, -0.25) is 4.99 Å². The Morgan fingerprint density at radius 3 is 2.06 bits per heavy atom. The van der Waals surface area contributed by atoms with E-state index < -0.39 is 0 Å². The lowest BCUT2D eigenvalue weighted by Gasteiger charge is -2.54. The van der Waals surface area contributed by atoms with Crippen LogP contribution in [0.15, 0.2) is 4.99 Å². The van der Waals surface area contributed by atoms with Crippen LogP contribution < -0.4 is 10.6 Å². The van der Waals surface area contributed by atoms with Crippen LogP contribution in [-0.4, -0.2) is 26.6 Å². The first kappa shape index (κ1) is 14.4. The second-order valence-electron chi connectivity index (χ2n) is 6.30. The van der Waals surface area contributed by atoms with E-state index in [1.807, 2.05) is 14.1 Å². The largest absolute Gasteiger partial charge is 0.359 e. The summed E-state index contributed by atoms with van der Waals surface area (Å²) in [6.45, 7) is 1.13. The topological polar surface area (TPSA) is 36.4 Å². The summed E-state index contributed by atoms with van der Waals surface area (Å²) in [6.07, 6.45) is 7.59. The standard InChI is InChI=1S/C14H25N3.HI/c1-15-14(16-2)17-8-13-11-4-9-3-10(6-11)7-12(13)5-9;/h9-13H,3-8H2,1-2H3,(H2,15,16,17);1H. The quantitative estimate of drug-likeness (QED) is 0.449. The SMILES string of the molecule is CN=C(NC)NCC1C2CC3CC(C2)CC1C3.I. The number of hydrogen-bond donors (Lipinski definition) is 2. The Bertz CT molecular complexity index is 288. The molecule has 0 aromatic heterocycles. The summed E-state index contributed by atoms with van der Waals surface area (Å²) in [5, 5.41) is 6.60. The Balaban J connectivity index is 0.00000120. The van der Waals surface area contributed by atoms with Crippen molar-refractivity contribution in [2.24, 2.45) is 34.6 Å². The van der Waals surface area contributed by atoms with Crippen LogP contribution in [0.2, 0.25) is 0 Å². The molecule has 0 heterocycles. The van der Waals surface area contributed by atoms with Gasteiger partial charge in [0, 0.05) is 20.6 Å². The molecule has 4 rings (SSSR count). The summed E-state index contributed by atoms with van der Waals surface area (Å²) in [5.41, 5.74) is 0. The molecule has 4 aliphatic rings. The van der Waals surface area contributed by atoms with Gasteiger partial charge in [-0.25, -0.2) is 0 Å². The molecule has 4 fully saturated rings. The molecule has 4 bridgehead atoms. The summed E-state index contributed by atoms with van der Waals surface area (Å²) < 4.78 is 0. The van der Waals surface area contributed by atoms with Gasteiger partial charge in [-0.1, -0.05) is 0 Å². The maximum absolute atomic E-state index is 4.20. The zero-order valence-electron chi connectivity index (χ0n) is 11.5. The lowest BCUT2D eigenvalue weighted by Crippen LogP contribution is -2.50. The summed E-state index contributed by atoms with van der Waals surface area (Å²) in [4.78, 5) is 4.20. The van der Waals surface area contributed by atoms with Crippen LogP contribution in [0, 0.1) is 29.6 Å². The Morgan fingerprint density at radius 2 is 1.61 bits per heavy atom. The normalized spacial score (nSPS) is 41.4. The maximum Gasteiger partial charge on any atom is 0.190 e. The fraction of sp³-hybridized carbons (Fsp3) is 0.929. The minimum atomic E-state index is 0. The van der Waals surface area contributed by atoms with Crippen molar-refractivity contribution in [3.8, 4) is 0 Å². The number of guanidine groups is 1. The molecule has 0 aromatic carbocycles. The highest BCUT2D eigenvalue weighted by molar-refractivity contribution is 14.0. The highest BCUT2D eigenvalue weighted by Crippen LogP contribution is 2.56. The van der Waals surface area contributed by atoms with Gasteiger partial charge in [-0.05, 0) is 61.7 Å². The molecule has 0 unspecified atom stereocenters. The number of rotatable bonds is 2. The fourth-order valence-electron chi connectivity index (χ4n) is 4.86. The molecule has 104 valence electrons. The van der Waals surface area contributed by atoms with Crippen LogP contribution in [0.25, 0.3) is 0 Å². The highest BCUT2D eigenvalue weighted by Gasteiger charge is 2.47. The summed E-state index contributed by atoms with van der Waals surface area (Å²) in [7, 11) is 3.78. The molecular formula is C14H26IN3. The highest BCUT2D eigenvalue weighted by atomic mass is 127. The molecule has 3 nitrogen and oxygen atoms in total. The minimum absolute atomic E-state index is 0. The molecule has 0 saturated heterocycles. The van der Waals surface area contributed by atoms with Crippen LogP contribution in [0.5, 0.6) is 0 Å². The van der Waals surface area contributed by atoms with Gasteiger partial charge < -0.3 is 10.6 Å². The molecule has 4 heteroatoms. The first-order chi connectivity index (χ1) is 8.30. The van der Waals surface area contributed by atoms with Gasteiger partial charge in [0.1, 0.15) is 0 Å². The van der Waals surface area contributed by atoms with Gasteiger partial charge in [-0.2, -0.15) is 0 Å². The third kappa shape index (κ3) is 2.63. The van der Waals surface area contributed by atoms with Gasteiger partial charge in [0.05, 0.1) is 0 Å². The van der Waals surface area contributed by atoms with Crippen molar-refractivity contribution in [1.29, 1.82) is 0 Å². The lowest BCUT2D eigenvalue weighted by atomic mass is 9.52. The van der Waals surface area contributed by atoms with E-state index in [-0.39, 0.29) is 24.0 Å². The van der Waals surface area contributed by atoms with E-state index >= 15 is 0 Å². The van der Waals surface area contributed by atoms with Crippen molar-refractivity contribution in [3.63, 3.8) is 0 Å². The van der Waals surface area contributed by atoms with Gasteiger partial charge in [0.25, 0.3) is 0 Å². The number of hydrogen-bond acceptors (Lipinski definition) is 1. The number of halogens is 1. The molecule has 2 N–H and O–H groups in total. The lowest BCUT2D eigenvalue weighted by molar-refractivity contribution is -0.0339. The smallest absolute Gasteiger partial charge is 0.190 e. The van der Waals surface area contributed by atoms with E-state index in [1.54, 1.807) is 6.42 Å². The van der Waals surface area contributed by atoms with Crippen molar-refractivity contribution < 1.29 is 0 Å². The molecule has 4 aliphatic carbocycles. The van der Waals surface area contributed by atoms with Crippen molar-refractivity contribution in [1.82, 2.24) is 10.6 Å². The van der Waals surface area contributed by atoms with Gasteiger partial charge in [0.15, 0.2) is 5.96 Å². The van der Waals surface area contributed by atoms with Gasteiger partial charge in [0.2, 0.25) is 0 Å². The Labute approximate surface area is 128 Å². The molecule has 0 amide bonds. The van der Waals surface area contributed by atoms with E-state index in [9.17, 15) is 0 Å². The number of aliphatic imine (C=N–C) groups is 1.